The van der Waals surface area contributed by atoms with Crippen LogP contribution in [0.3, 0.4) is 0 Å². The highest BCUT2D eigenvalue weighted by atomic mass is 16.2. The number of aliphatic imine (C=N–C) groups is 1. The average Bonchev–Trinajstić information content (AvgIpc) is 3.11. The first-order valence-electron chi connectivity index (χ1n) is 5.61. The molecule has 3 N–H and O–H groups in total. The lowest BCUT2D eigenvalue weighted by molar-refractivity contribution is -0.122. The fraction of sp³-hybridized carbons (Fsp3) is 0.636. The highest BCUT2D eigenvalue weighted by Gasteiger charge is 2.28. The van der Waals surface area contributed by atoms with Crippen molar-refractivity contribution in [2.45, 2.75) is 12.8 Å². The van der Waals surface area contributed by atoms with Crippen LogP contribution in [0.1, 0.15) is 12.8 Å². The third-order valence-electron chi connectivity index (χ3n) is 2.30. The Kier molecular flexibility index (Phi) is 5.39. The van der Waals surface area contributed by atoms with Gasteiger partial charge in [-0.15, -0.1) is 6.58 Å². The Balaban J connectivity index is 2.03. The number of nitrogens with zero attached hydrogens (tertiary/aromatic N) is 1. The van der Waals surface area contributed by atoms with Crippen molar-refractivity contribution in [2.75, 3.05) is 26.7 Å². The van der Waals surface area contributed by atoms with Gasteiger partial charge in [-0.05, 0) is 12.8 Å². The number of carbonyl (C=O) groups excluding carboxylic acids is 1. The minimum Gasteiger partial charge on any atom is -0.355 e. The highest BCUT2D eigenvalue weighted by molar-refractivity contribution is 5.81. The summed E-state index contributed by atoms with van der Waals surface area (Å²) in [7, 11) is 1.71. The van der Waals surface area contributed by atoms with Crippen LogP contribution in [0.25, 0.3) is 0 Å². The molecular weight excluding hydrogens is 204 g/mol. The van der Waals surface area contributed by atoms with Crippen molar-refractivity contribution in [3.63, 3.8) is 0 Å². The summed E-state index contributed by atoms with van der Waals surface area (Å²) in [6, 6.07) is 0. The molecule has 0 aromatic heterocycles. The SMILES string of the molecule is C=CCNC(=NC)NCCNC(=O)C1CC1. The van der Waals surface area contributed by atoms with Crippen LogP contribution in [-0.2, 0) is 4.79 Å². The summed E-state index contributed by atoms with van der Waals surface area (Å²) in [5.74, 6) is 1.18. The predicted octanol–water partition coefficient (Wildman–Crippen LogP) is -0.136. The van der Waals surface area contributed by atoms with Crippen LogP contribution in [-0.4, -0.2) is 38.5 Å². The van der Waals surface area contributed by atoms with Gasteiger partial charge < -0.3 is 16.0 Å². The van der Waals surface area contributed by atoms with E-state index in [4.69, 9.17) is 0 Å². The van der Waals surface area contributed by atoms with Crippen LogP contribution >= 0.6 is 0 Å². The van der Waals surface area contributed by atoms with E-state index in [-0.39, 0.29) is 11.8 Å². The molecule has 5 heteroatoms. The zero-order valence-corrected chi connectivity index (χ0v) is 9.75. The quantitative estimate of drug-likeness (QED) is 0.255. The van der Waals surface area contributed by atoms with Crippen LogP contribution in [0.15, 0.2) is 17.6 Å². The molecule has 0 aromatic rings. The molecule has 0 radical (unpaired) electrons. The zero-order chi connectivity index (χ0) is 11.8. The van der Waals surface area contributed by atoms with Gasteiger partial charge in [0.05, 0.1) is 0 Å². The molecule has 1 rings (SSSR count). The largest absolute Gasteiger partial charge is 0.355 e. The number of guanidine groups is 1. The maximum absolute atomic E-state index is 11.3. The second-order valence-electron chi connectivity index (χ2n) is 3.73. The van der Waals surface area contributed by atoms with E-state index in [1.54, 1.807) is 13.1 Å². The molecule has 1 amide bonds. The van der Waals surface area contributed by atoms with E-state index in [1.807, 2.05) is 0 Å². The van der Waals surface area contributed by atoms with Crippen LogP contribution in [0, 0.1) is 5.92 Å². The molecule has 0 aliphatic heterocycles. The second kappa shape index (κ2) is 6.87. The summed E-state index contributed by atoms with van der Waals surface area (Å²) in [5.41, 5.74) is 0. The second-order valence-corrected chi connectivity index (χ2v) is 3.73. The number of amides is 1. The molecule has 1 aliphatic carbocycles. The van der Waals surface area contributed by atoms with Gasteiger partial charge in [0.25, 0.3) is 0 Å². The molecule has 0 saturated heterocycles. The molecule has 1 aliphatic rings. The number of rotatable bonds is 6. The van der Waals surface area contributed by atoms with Gasteiger partial charge in [-0.2, -0.15) is 0 Å². The van der Waals surface area contributed by atoms with E-state index in [2.05, 4.69) is 27.5 Å². The van der Waals surface area contributed by atoms with Crippen LogP contribution in [0.2, 0.25) is 0 Å². The smallest absolute Gasteiger partial charge is 0.223 e. The standard InChI is InChI=1S/C11H20N4O/c1-3-6-14-11(12-2)15-8-7-13-10(16)9-4-5-9/h3,9H,1,4-8H2,2H3,(H,13,16)(H2,12,14,15). The van der Waals surface area contributed by atoms with Gasteiger partial charge in [-0.3, -0.25) is 9.79 Å². The van der Waals surface area contributed by atoms with Crippen molar-refractivity contribution in [3.8, 4) is 0 Å². The number of nitrogens with one attached hydrogen (secondary N) is 3. The molecule has 0 aromatic carbocycles. The van der Waals surface area contributed by atoms with Gasteiger partial charge in [0.1, 0.15) is 0 Å². The van der Waals surface area contributed by atoms with Crippen molar-refractivity contribution in [3.05, 3.63) is 12.7 Å². The monoisotopic (exact) mass is 224 g/mol. The summed E-state index contributed by atoms with van der Waals surface area (Å²) in [6.45, 7) is 5.59. The van der Waals surface area contributed by atoms with E-state index in [0.717, 1.165) is 18.8 Å². The number of carbonyl (C=O) groups is 1. The van der Waals surface area contributed by atoms with Gasteiger partial charge in [0.2, 0.25) is 5.91 Å². The molecule has 1 saturated carbocycles. The molecular formula is C11H20N4O. The van der Waals surface area contributed by atoms with Gasteiger partial charge in [0.15, 0.2) is 5.96 Å². The summed E-state index contributed by atoms with van der Waals surface area (Å²) >= 11 is 0. The van der Waals surface area contributed by atoms with Crippen molar-refractivity contribution in [1.82, 2.24) is 16.0 Å². The number of hydrogen-bond donors (Lipinski definition) is 3. The fourth-order valence-corrected chi connectivity index (χ4v) is 1.25. The van der Waals surface area contributed by atoms with E-state index in [0.29, 0.717) is 19.6 Å². The summed E-state index contributed by atoms with van der Waals surface area (Å²) in [4.78, 5) is 15.3. The third-order valence-corrected chi connectivity index (χ3v) is 2.30. The van der Waals surface area contributed by atoms with Crippen LogP contribution < -0.4 is 16.0 Å². The molecule has 16 heavy (non-hydrogen) atoms. The summed E-state index contributed by atoms with van der Waals surface area (Å²) in [5, 5.41) is 9.02. The van der Waals surface area contributed by atoms with Crippen molar-refractivity contribution in [1.29, 1.82) is 0 Å². The van der Waals surface area contributed by atoms with E-state index < -0.39 is 0 Å². The fourth-order valence-electron chi connectivity index (χ4n) is 1.25. The van der Waals surface area contributed by atoms with Gasteiger partial charge in [0, 0.05) is 32.6 Å². The first-order chi connectivity index (χ1) is 7.77. The van der Waals surface area contributed by atoms with Crippen molar-refractivity contribution in [2.24, 2.45) is 10.9 Å². The first-order valence-corrected chi connectivity index (χ1v) is 5.61. The predicted molar refractivity (Wildman–Crippen MR) is 65.3 cm³/mol. The minimum absolute atomic E-state index is 0.177. The molecule has 90 valence electrons. The first kappa shape index (κ1) is 12.5. The third kappa shape index (κ3) is 4.82. The highest BCUT2D eigenvalue weighted by Crippen LogP contribution is 2.28. The lowest BCUT2D eigenvalue weighted by Gasteiger charge is -2.10. The maximum atomic E-state index is 11.3. The topological polar surface area (TPSA) is 65.5 Å². The Bertz CT molecular complexity index is 271. The molecule has 0 unspecified atom stereocenters. The van der Waals surface area contributed by atoms with Crippen molar-refractivity contribution < 1.29 is 4.79 Å². The Morgan fingerprint density at radius 3 is 2.62 bits per heavy atom. The minimum atomic E-state index is 0.177. The van der Waals surface area contributed by atoms with Crippen LogP contribution in [0.5, 0.6) is 0 Å². The van der Waals surface area contributed by atoms with Gasteiger partial charge in [-0.25, -0.2) is 0 Å². The molecule has 0 bridgehead atoms. The average molecular weight is 224 g/mol. The molecule has 0 heterocycles. The Labute approximate surface area is 96.4 Å². The zero-order valence-electron chi connectivity index (χ0n) is 9.75. The van der Waals surface area contributed by atoms with E-state index in [1.165, 1.54) is 0 Å². The maximum Gasteiger partial charge on any atom is 0.223 e. The lowest BCUT2D eigenvalue weighted by atomic mass is 10.4. The molecule has 0 spiro atoms. The van der Waals surface area contributed by atoms with E-state index >= 15 is 0 Å². The summed E-state index contributed by atoms with van der Waals surface area (Å²) < 4.78 is 0. The summed E-state index contributed by atoms with van der Waals surface area (Å²) in [6.07, 6.45) is 3.85. The van der Waals surface area contributed by atoms with Crippen LogP contribution in [0.4, 0.5) is 0 Å². The molecule has 0 atom stereocenters. The van der Waals surface area contributed by atoms with Gasteiger partial charge in [-0.1, -0.05) is 6.08 Å². The normalized spacial score (nSPS) is 15.4. The van der Waals surface area contributed by atoms with E-state index in [9.17, 15) is 4.79 Å². The Morgan fingerprint density at radius 2 is 2.06 bits per heavy atom. The molecule has 5 nitrogen and oxygen atoms in total. The van der Waals surface area contributed by atoms with Crippen molar-refractivity contribution >= 4 is 11.9 Å². The lowest BCUT2D eigenvalue weighted by Crippen LogP contribution is -2.41. The van der Waals surface area contributed by atoms with Gasteiger partial charge >= 0.3 is 0 Å². The Hall–Kier alpha value is -1.52. The molecule has 1 fully saturated rings. The number of hydrogen-bond acceptors (Lipinski definition) is 2. The Morgan fingerprint density at radius 1 is 1.38 bits per heavy atom.